The molecule has 1 aromatic carbocycles. The topological polar surface area (TPSA) is 35.5 Å². The number of alkyl halides is 1. The van der Waals surface area contributed by atoms with Crippen LogP contribution in [0.4, 0.5) is 0 Å². The Balaban J connectivity index is 2.20. The lowest BCUT2D eigenvalue weighted by Crippen LogP contribution is -2.19. The van der Waals surface area contributed by atoms with Crippen LogP contribution in [0.2, 0.25) is 0 Å². The summed E-state index contributed by atoms with van der Waals surface area (Å²) in [6.07, 6.45) is -0.0943. The molecule has 0 bridgehead atoms. The Kier molecular flexibility index (Phi) is 6.11. The molecule has 1 aromatic rings. The maximum Gasteiger partial charge on any atom is 0.316 e. The van der Waals surface area contributed by atoms with E-state index in [1.807, 2.05) is 37.3 Å². The Morgan fingerprint density at radius 2 is 2.06 bits per heavy atom. The SMILES string of the molecule is C[C@@H](COC(=O)CBr)OCc1ccccc1. The molecule has 0 aromatic heterocycles. The van der Waals surface area contributed by atoms with Gasteiger partial charge in [-0.05, 0) is 12.5 Å². The molecule has 0 saturated carbocycles. The number of benzene rings is 1. The van der Waals surface area contributed by atoms with E-state index in [0.29, 0.717) is 6.61 Å². The minimum atomic E-state index is -0.268. The van der Waals surface area contributed by atoms with Crippen molar-refractivity contribution in [1.82, 2.24) is 0 Å². The van der Waals surface area contributed by atoms with Crippen LogP contribution in [0.5, 0.6) is 0 Å². The third-order valence-electron chi connectivity index (χ3n) is 1.97. The van der Waals surface area contributed by atoms with Gasteiger partial charge in [0, 0.05) is 0 Å². The Morgan fingerprint density at radius 3 is 2.69 bits per heavy atom. The van der Waals surface area contributed by atoms with Crippen molar-refractivity contribution >= 4 is 21.9 Å². The van der Waals surface area contributed by atoms with Gasteiger partial charge in [0.1, 0.15) is 11.9 Å². The molecule has 3 nitrogen and oxygen atoms in total. The Bertz CT molecular complexity index is 313. The second-order valence-electron chi connectivity index (χ2n) is 3.42. The second-order valence-corrected chi connectivity index (χ2v) is 3.98. The third kappa shape index (κ3) is 5.28. The van der Waals surface area contributed by atoms with Crippen LogP contribution in [-0.4, -0.2) is 24.0 Å². The Labute approximate surface area is 104 Å². The van der Waals surface area contributed by atoms with Gasteiger partial charge in [-0.15, -0.1) is 0 Å². The maximum atomic E-state index is 10.9. The molecule has 0 unspecified atom stereocenters. The summed E-state index contributed by atoms with van der Waals surface area (Å²) in [5.74, 6) is -0.268. The molecule has 88 valence electrons. The zero-order valence-corrected chi connectivity index (χ0v) is 10.8. The van der Waals surface area contributed by atoms with Crippen LogP contribution in [0, 0.1) is 0 Å². The van der Waals surface area contributed by atoms with Crippen molar-refractivity contribution in [3.8, 4) is 0 Å². The highest BCUT2D eigenvalue weighted by Crippen LogP contribution is 2.03. The minimum absolute atomic E-state index is 0.0943. The van der Waals surface area contributed by atoms with Crippen LogP contribution < -0.4 is 0 Å². The summed E-state index contributed by atoms with van der Waals surface area (Å²) in [4.78, 5) is 10.9. The number of rotatable bonds is 6. The molecule has 0 amide bonds. The predicted octanol–water partition coefficient (Wildman–Crippen LogP) is 2.53. The van der Waals surface area contributed by atoms with Crippen LogP contribution in [0.15, 0.2) is 30.3 Å². The monoisotopic (exact) mass is 286 g/mol. The number of ether oxygens (including phenoxy) is 2. The predicted molar refractivity (Wildman–Crippen MR) is 65.4 cm³/mol. The van der Waals surface area contributed by atoms with Crippen LogP contribution in [0.3, 0.4) is 0 Å². The van der Waals surface area contributed by atoms with Gasteiger partial charge in [-0.2, -0.15) is 0 Å². The number of carbonyl (C=O) groups excluding carboxylic acids is 1. The lowest BCUT2D eigenvalue weighted by molar-refractivity contribution is -0.144. The number of halogens is 1. The minimum Gasteiger partial charge on any atom is -0.462 e. The molecule has 0 N–H and O–H groups in total. The molecule has 0 radical (unpaired) electrons. The number of hydrogen-bond acceptors (Lipinski definition) is 3. The fourth-order valence-electron chi connectivity index (χ4n) is 1.11. The summed E-state index contributed by atoms with van der Waals surface area (Å²) in [5, 5.41) is 0.221. The summed E-state index contributed by atoms with van der Waals surface area (Å²) in [6.45, 7) is 2.70. The molecule has 0 saturated heterocycles. The first kappa shape index (κ1) is 13.2. The van der Waals surface area contributed by atoms with Crippen molar-refractivity contribution in [2.75, 3.05) is 11.9 Å². The zero-order chi connectivity index (χ0) is 11.8. The summed E-state index contributed by atoms with van der Waals surface area (Å²) in [6, 6.07) is 9.89. The van der Waals surface area contributed by atoms with E-state index in [4.69, 9.17) is 9.47 Å². The molecule has 0 aliphatic heterocycles. The maximum absolute atomic E-state index is 10.9. The average Bonchev–Trinajstić information content (AvgIpc) is 2.34. The summed E-state index contributed by atoms with van der Waals surface area (Å²) < 4.78 is 10.5. The van der Waals surface area contributed by atoms with Crippen molar-refractivity contribution in [1.29, 1.82) is 0 Å². The van der Waals surface area contributed by atoms with Gasteiger partial charge in [0.05, 0.1) is 12.7 Å². The van der Waals surface area contributed by atoms with Crippen LogP contribution in [-0.2, 0) is 20.9 Å². The third-order valence-corrected chi connectivity index (χ3v) is 2.42. The van der Waals surface area contributed by atoms with E-state index >= 15 is 0 Å². The number of hydrogen-bond donors (Lipinski definition) is 0. The van der Waals surface area contributed by atoms with E-state index < -0.39 is 0 Å². The van der Waals surface area contributed by atoms with Crippen molar-refractivity contribution in [3.05, 3.63) is 35.9 Å². The van der Waals surface area contributed by atoms with Gasteiger partial charge in [-0.25, -0.2) is 0 Å². The van der Waals surface area contributed by atoms with Crippen LogP contribution >= 0.6 is 15.9 Å². The van der Waals surface area contributed by atoms with Gasteiger partial charge in [0.2, 0.25) is 0 Å². The smallest absolute Gasteiger partial charge is 0.316 e. The highest BCUT2D eigenvalue weighted by Gasteiger charge is 2.06. The van der Waals surface area contributed by atoms with Gasteiger partial charge in [-0.1, -0.05) is 46.3 Å². The second kappa shape index (κ2) is 7.41. The van der Waals surface area contributed by atoms with E-state index in [1.54, 1.807) is 0 Å². The van der Waals surface area contributed by atoms with E-state index in [2.05, 4.69) is 15.9 Å². The van der Waals surface area contributed by atoms with Gasteiger partial charge in [0.15, 0.2) is 0 Å². The molecule has 16 heavy (non-hydrogen) atoms. The van der Waals surface area contributed by atoms with Crippen molar-refractivity contribution in [2.24, 2.45) is 0 Å². The summed E-state index contributed by atoms with van der Waals surface area (Å²) >= 11 is 3.03. The normalized spacial score (nSPS) is 12.1. The molecule has 0 heterocycles. The van der Waals surface area contributed by atoms with Crippen LogP contribution in [0.1, 0.15) is 12.5 Å². The van der Waals surface area contributed by atoms with E-state index in [-0.39, 0.29) is 24.0 Å². The molecule has 0 aliphatic rings. The van der Waals surface area contributed by atoms with Gasteiger partial charge in [-0.3, -0.25) is 4.79 Å². The van der Waals surface area contributed by atoms with E-state index in [1.165, 1.54) is 0 Å². The molecule has 4 heteroatoms. The lowest BCUT2D eigenvalue weighted by Gasteiger charge is -2.12. The molecular formula is C12H15BrO3. The summed E-state index contributed by atoms with van der Waals surface area (Å²) in [5.41, 5.74) is 1.11. The van der Waals surface area contributed by atoms with Crippen LogP contribution in [0.25, 0.3) is 0 Å². The van der Waals surface area contributed by atoms with Gasteiger partial charge < -0.3 is 9.47 Å². The number of carbonyl (C=O) groups is 1. The molecule has 0 aliphatic carbocycles. The first-order valence-electron chi connectivity index (χ1n) is 5.09. The highest BCUT2D eigenvalue weighted by atomic mass is 79.9. The Hall–Kier alpha value is -0.870. The molecule has 1 rings (SSSR count). The fraction of sp³-hybridized carbons (Fsp3) is 0.417. The average molecular weight is 287 g/mol. The molecule has 0 spiro atoms. The summed E-state index contributed by atoms with van der Waals surface area (Å²) in [7, 11) is 0. The molecular weight excluding hydrogens is 272 g/mol. The zero-order valence-electron chi connectivity index (χ0n) is 9.19. The highest BCUT2D eigenvalue weighted by molar-refractivity contribution is 9.09. The van der Waals surface area contributed by atoms with Gasteiger partial charge in [0.25, 0.3) is 0 Å². The standard InChI is InChI=1S/C12H15BrO3/c1-10(8-16-12(14)7-13)15-9-11-5-3-2-4-6-11/h2-6,10H,7-9H2,1H3/t10-/m0/s1. The molecule has 1 atom stereocenters. The largest absolute Gasteiger partial charge is 0.462 e. The van der Waals surface area contributed by atoms with Crippen molar-refractivity contribution in [3.63, 3.8) is 0 Å². The first-order valence-corrected chi connectivity index (χ1v) is 6.21. The van der Waals surface area contributed by atoms with E-state index in [0.717, 1.165) is 5.56 Å². The van der Waals surface area contributed by atoms with Crippen molar-refractivity contribution in [2.45, 2.75) is 19.6 Å². The quantitative estimate of drug-likeness (QED) is 0.596. The first-order chi connectivity index (χ1) is 7.72. The number of esters is 1. The fourth-order valence-corrected chi connectivity index (χ4v) is 1.27. The Morgan fingerprint density at radius 1 is 1.38 bits per heavy atom. The van der Waals surface area contributed by atoms with Gasteiger partial charge >= 0.3 is 5.97 Å². The molecule has 0 fully saturated rings. The van der Waals surface area contributed by atoms with E-state index in [9.17, 15) is 4.79 Å². The van der Waals surface area contributed by atoms with Crippen molar-refractivity contribution < 1.29 is 14.3 Å². The lowest BCUT2D eigenvalue weighted by atomic mass is 10.2.